The van der Waals surface area contributed by atoms with Crippen LogP contribution in [0, 0.1) is 0 Å². The van der Waals surface area contributed by atoms with E-state index in [1.54, 1.807) is 0 Å². The van der Waals surface area contributed by atoms with Crippen molar-refractivity contribution in [3.8, 4) is 0 Å². The molecule has 120 valence electrons. The van der Waals surface area contributed by atoms with Gasteiger partial charge in [-0.05, 0) is 31.2 Å². The molecule has 1 atom stereocenters. The molecule has 0 saturated carbocycles. The number of carboxylic acid groups (broad SMARTS) is 1. The number of aliphatic carboxylic acids is 1. The highest BCUT2D eigenvalue weighted by atomic mass is 16.4. The molecule has 0 aliphatic carbocycles. The second kappa shape index (κ2) is 10.4. The van der Waals surface area contributed by atoms with Crippen LogP contribution in [0.3, 0.4) is 0 Å². The van der Waals surface area contributed by atoms with Crippen molar-refractivity contribution in [1.29, 1.82) is 0 Å². The van der Waals surface area contributed by atoms with Gasteiger partial charge in [0.25, 0.3) is 0 Å². The molecule has 0 saturated heterocycles. The van der Waals surface area contributed by atoms with Gasteiger partial charge in [-0.3, -0.25) is 4.79 Å². The Morgan fingerprint density at radius 2 is 2.00 bits per heavy atom. The third kappa shape index (κ3) is 8.09. The van der Waals surface area contributed by atoms with Crippen molar-refractivity contribution in [2.75, 3.05) is 6.54 Å². The summed E-state index contributed by atoms with van der Waals surface area (Å²) < 4.78 is 0. The van der Waals surface area contributed by atoms with E-state index in [2.05, 4.69) is 17.2 Å². The first-order chi connectivity index (χ1) is 10.6. The topological polar surface area (TPSA) is 78.4 Å². The maximum absolute atomic E-state index is 11.9. The second-order valence-electron chi connectivity index (χ2n) is 5.15. The number of hydrogen-bond acceptors (Lipinski definition) is 2. The van der Waals surface area contributed by atoms with Gasteiger partial charge in [-0.2, -0.15) is 0 Å². The van der Waals surface area contributed by atoms with Gasteiger partial charge in [-0.1, -0.05) is 36.4 Å². The molecule has 0 spiro atoms. The number of amides is 2. The van der Waals surface area contributed by atoms with Crippen LogP contribution >= 0.6 is 0 Å². The Balaban J connectivity index is 2.48. The molecule has 22 heavy (non-hydrogen) atoms. The first kappa shape index (κ1) is 17.8. The first-order valence-electron chi connectivity index (χ1n) is 7.52. The number of nitrogens with one attached hydrogen (secondary N) is 2. The molecule has 2 amide bonds. The highest BCUT2D eigenvalue weighted by molar-refractivity contribution is 5.74. The van der Waals surface area contributed by atoms with Crippen LogP contribution in [0.2, 0.25) is 0 Å². The fourth-order valence-electron chi connectivity index (χ4n) is 2.11. The Kier molecular flexibility index (Phi) is 8.42. The number of unbranched alkanes of at least 4 members (excludes halogenated alkanes) is 1. The molecule has 5 heteroatoms. The number of hydrogen-bond donors (Lipinski definition) is 3. The summed E-state index contributed by atoms with van der Waals surface area (Å²) in [4.78, 5) is 22.6. The predicted octanol–water partition coefficient (Wildman–Crippen LogP) is 2.73. The molecule has 0 radical (unpaired) electrons. The number of allylic oxidation sites excluding steroid dienone is 1. The molecule has 3 N–H and O–H groups in total. The highest BCUT2D eigenvalue weighted by Gasteiger charge is 2.14. The zero-order chi connectivity index (χ0) is 16.2. The lowest BCUT2D eigenvalue weighted by Gasteiger charge is -2.18. The molecule has 0 fully saturated rings. The normalized spacial score (nSPS) is 11.5. The highest BCUT2D eigenvalue weighted by Crippen LogP contribution is 2.08. The Morgan fingerprint density at radius 3 is 2.64 bits per heavy atom. The Bertz CT molecular complexity index is 474. The van der Waals surface area contributed by atoms with Gasteiger partial charge in [0.05, 0.1) is 0 Å². The van der Waals surface area contributed by atoms with E-state index in [1.165, 1.54) is 0 Å². The minimum absolute atomic E-state index is 0.0360. The predicted molar refractivity (Wildman–Crippen MR) is 86.8 cm³/mol. The molecule has 1 unspecified atom stereocenters. The van der Waals surface area contributed by atoms with Gasteiger partial charge < -0.3 is 15.7 Å². The molecule has 0 bridgehead atoms. The van der Waals surface area contributed by atoms with Crippen molar-refractivity contribution >= 4 is 12.0 Å². The van der Waals surface area contributed by atoms with Crippen molar-refractivity contribution in [2.45, 2.75) is 38.1 Å². The molecule has 1 aromatic rings. The maximum atomic E-state index is 11.9. The van der Waals surface area contributed by atoms with Crippen molar-refractivity contribution in [3.63, 3.8) is 0 Å². The van der Waals surface area contributed by atoms with Crippen LogP contribution in [0.15, 0.2) is 43.0 Å². The summed E-state index contributed by atoms with van der Waals surface area (Å²) in [6.07, 6.45) is 4.57. The van der Waals surface area contributed by atoms with Crippen LogP contribution in [-0.4, -0.2) is 29.7 Å². The Morgan fingerprint density at radius 1 is 1.27 bits per heavy atom. The van der Waals surface area contributed by atoms with Gasteiger partial charge >= 0.3 is 12.0 Å². The van der Waals surface area contributed by atoms with Gasteiger partial charge in [0.15, 0.2) is 0 Å². The van der Waals surface area contributed by atoms with Crippen LogP contribution in [-0.2, 0) is 11.2 Å². The summed E-state index contributed by atoms with van der Waals surface area (Å²) >= 11 is 0. The van der Waals surface area contributed by atoms with Crippen LogP contribution < -0.4 is 10.6 Å². The maximum Gasteiger partial charge on any atom is 0.315 e. The third-order valence-electron chi connectivity index (χ3n) is 3.24. The summed E-state index contributed by atoms with van der Waals surface area (Å²) in [6.45, 7) is 4.21. The third-order valence-corrected chi connectivity index (χ3v) is 3.24. The summed E-state index contributed by atoms with van der Waals surface area (Å²) in [5, 5.41) is 14.5. The number of rotatable bonds is 10. The monoisotopic (exact) mass is 304 g/mol. The summed E-state index contributed by atoms with van der Waals surface area (Å²) in [7, 11) is 0. The minimum Gasteiger partial charge on any atom is -0.481 e. The standard InChI is InChI=1S/C17H24N2O3/c1-2-3-7-12-18-17(22)19-15(10-11-16(20)21)13-14-8-5-4-6-9-14/h2,4-6,8-9,15H,1,3,7,10-13H2,(H,20,21)(H2,18,19,22). The largest absolute Gasteiger partial charge is 0.481 e. The molecular weight excluding hydrogens is 280 g/mol. The molecule has 0 aliphatic rings. The number of urea groups is 1. The van der Waals surface area contributed by atoms with Gasteiger partial charge in [-0.25, -0.2) is 4.79 Å². The number of carboxylic acids is 1. The number of carbonyl (C=O) groups excluding carboxylic acids is 1. The lowest BCUT2D eigenvalue weighted by molar-refractivity contribution is -0.137. The van der Waals surface area contributed by atoms with Gasteiger partial charge in [0.1, 0.15) is 0 Å². The second-order valence-corrected chi connectivity index (χ2v) is 5.15. The van der Waals surface area contributed by atoms with Crippen molar-refractivity contribution < 1.29 is 14.7 Å². The summed E-state index contributed by atoms with van der Waals surface area (Å²) in [6, 6.07) is 9.27. The molecule has 0 aromatic heterocycles. The van der Waals surface area contributed by atoms with Crippen molar-refractivity contribution in [3.05, 3.63) is 48.6 Å². The van der Waals surface area contributed by atoms with E-state index in [1.807, 2.05) is 36.4 Å². The zero-order valence-electron chi connectivity index (χ0n) is 12.8. The quantitative estimate of drug-likeness (QED) is 0.459. The fourth-order valence-corrected chi connectivity index (χ4v) is 2.11. The minimum atomic E-state index is -0.855. The Labute approximate surface area is 131 Å². The lowest BCUT2D eigenvalue weighted by atomic mass is 10.0. The van der Waals surface area contributed by atoms with Crippen LogP contribution in [0.5, 0.6) is 0 Å². The van der Waals surface area contributed by atoms with E-state index in [0.717, 1.165) is 18.4 Å². The van der Waals surface area contributed by atoms with E-state index < -0.39 is 5.97 Å². The average Bonchev–Trinajstić information content (AvgIpc) is 2.50. The Hall–Kier alpha value is -2.30. The molecule has 5 nitrogen and oxygen atoms in total. The van der Waals surface area contributed by atoms with E-state index in [-0.39, 0.29) is 18.5 Å². The molecular formula is C17H24N2O3. The molecule has 1 aromatic carbocycles. The smallest absolute Gasteiger partial charge is 0.315 e. The van der Waals surface area contributed by atoms with Crippen molar-refractivity contribution in [2.24, 2.45) is 0 Å². The van der Waals surface area contributed by atoms with Crippen LogP contribution in [0.25, 0.3) is 0 Å². The zero-order valence-corrected chi connectivity index (χ0v) is 12.8. The summed E-state index contributed by atoms with van der Waals surface area (Å²) in [5.41, 5.74) is 1.07. The number of carbonyl (C=O) groups is 2. The van der Waals surface area contributed by atoms with Gasteiger partial charge in [-0.15, -0.1) is 6.58 Å². The molecule has 0 heterocycles. The van der Waals surface area contributed by atoms with E-state index in [4.69, 9.17) is 5.11 Å². The van der Waals surface area contributed by atoms with E-state index in [9.17, 15) is 9.59 Å². The summed E-state index contributed by atoms with van der Waals surface area (Å²) in [5.74, 6) is -0.855. The van der Waals surface area contributed by atoms with Crippen molar-refractivity contribution in [1.82, 2.24) is 10.6 Å². The SMILES string of the molecule is C=CCCCNC(=O)NC(CCC(=O)O)Cc1ccccc1. The molecule has 0 aliphatic heterocycles. The van der Waals surface area contributed by atoms with Gasteiger partial charge in [0, 0.05) is 19.0 Å². The lowest BCUT2D eigenvalue weighted by Crippen LogP contribution is -2.43. The van der Waals surface area contributed by atoms with E-state index in [0.29, 0.717) is 19.4 Å². The average molecular weight is 304 g/mol. The van der Waals surface area contributed by atoms with Gasteiger partial charge in [0.2, 0.25) is 0 Å². The first-order valence-corrected chi connectivity index (χ1v) is 7.52. The fraction of sp³-hybridized carbons (Fsp3) is 0.412. The number of benzene rings is 1. The van der Waals surface area contributed by atoms with E-state index >= 15 is 0 Å². The molecule has 1 rings (SSSR count). The van der Waals surface area contributed by atoms with Crippen LogP contribution in [0.4, 0.5) is 4.79 Å². The van der Waals surface area contributed by atoms with Crippen LogP contribution in [0.1, 0.15) is 31.2 Å².